The van der Waals surface area contributed by atoms with E-state index in [1.54, 1.807) is 35.4 Å². The average Bonchev–Trinajstić information content (AvgIpc) is 3.04. The molecule has 0 spiro atoms. The highest BCUT2D eigenvalue weighted by Gasteiger charge is 2.36. The molecule has 1 aromatic carbocycles. The van der Waals surface area contributed by atoms with Gasteiger partial charge >= 0.3 is 0 Å². The van der Waals surface area contributed by atoms with Crippen molar-refractivity contribution in [2.75, 3.05) is 30.1 Å². The summed E-state index contributed by atoms with van der Waals surface area (Å²) in [4.78, 5) is 30.7. The van der Waals surface area contributed by atoms with Crippen molar-refractivity contribution in [3.8, 4) is 5.75 Å². The van der Waals surface area contributed by atoms with Crippen LogP contribution in [0.5, 0.6) is 5.75 Å². The summed E-state index contributed by atoms with van der Waals surface area (Å²) >= 11 is 7.58. The number of thioether (sulfide) groups is 1. The quantitative estimate of drug-likeness (QED) is 0.790. The number of hydrogen-bond acceptors (Lipinski definition) is 5. The Morgan fingerprint density at radius 1 is 1.38 bits per heavy atom. The average molecular weight is 392 g/mol. The highest BCUT2D eigenvalue weighted by atomic mass is 35.5. The molecule has 0 saturated carbocycles. The number of aromatic nitrogens is 1. The number of benzene rings is 1. The van der Waals surface area contributed by atoms with Gasteiger partial charge in [0.15, 0.2) is 0 Å². The molecule has 8 heteroatoms. The molecule has 1 unspecified atom stereocenters. The van der Waals surface area contributed by atoms with Crippen LogP contribution >= 0.6 is 23.4 Å². The zero-order valence-corrected chi connectivity index (χ0v) is 15.9. The smallest absolute Gasteiger partial charge is 0.229 e. The first-order valence-electron chi connectivity index (χ1n) is 7.96. The van der Waals surface area contributed by atoms with Crippen LogP contribution < -0.4 is 15.0 Å². The molecule has 1 saturated heterocycles. The van der Waals surface area contributed by atoms with Crippen LogP contribution in [-0.2, 0) is 9.59 Å². The third-order valence-electron chi connectivity index (χ3n) is 4.14. The predicted octanol–water partition coefficient (Wildman–Crippen LogP) is 3.46. The Balaban J connectivity index is 1.72. The lowest BCUT2D eigenvalue weighted by molar-refractivity contribution is -0.122. The first-order valence-corrected chi connectivity index (χ1v) is 9.57. The number of halogens is 1. The number of hydrogen-bond donors (Lipinski definition) is 1. The van der Waals surface area contributed by atoms with Crippen LogP contribution in [0.1, 0.15) is 6.42 Å². The second-order valence-corrected chi connectivity index (χ2v) is 7.06. The Morgan fingerprint density at radius 2 is 2.19 bits per heavy atom. The minimum absolute atomic E-state index is 0.137. The van der Waals surface area contributed by atoms with Gasteiger partial charge in [-0.15, -0.1) is 11.8 Å². The van der Waals surface area contributed by atoms with E-state index in [2.05, 4.69) is 10.3 Å². The van der Waals surface area contributed by atoms with Crippen molar-refractivity contribution >= 4 is 46.6 Å². The second kappa shape index (κ2) is 7.97. The largest absolute Gasteiger partial charge is 0.495 e. The molecule has 0 aliphatic carbocycles. The van der Waals surface area contributed by atoms with Gasteiger partial charge in [0.05, 0.1) is 35.6 Å². The Morgan fingerprint density at radius 3 is 2.85 bits per heavy atom. The van der Waals surface area contributed by atoms with Gasteiger partial charge in [0.1, 0.15) is 5.75 Å². The number of anilines is 2. The van der Waals surface area contributed by atoms with Gasteiger partial charge in [0.2, 0.25) is 11.8 Å². The van der Waals surface area contributed by atoms with Crippen LogP contribution in [0.3, 0.4) is 0 Å². The number of rotatable bonds is 5. The van der Waals surface area contributed by atoms with E-state index >= 15 is 0 Å². The number of methoxy groups -OCH3 is 1. The van der Waals surface area contributed by atoms with Crippen molar-refractivity contribution in [1.29, 1.82) is 0 Å². The number of nitrogens with zero attached hydrogens (tertiary/aromatic N) is 2. The molecule has 2 heterocycles. The second-order valence-electron chi connectivity index (χ2n) is 5.80. The molecular weight excluding hydrogens is 374 g/mol. The van der Waals surface area contributed by atoms with Gasteiger partial charge in [-0.2, -0.15) is 0 Å². The zero-order valence-electron chi connectivity index (χ0n) is 14.4. The van der Waals surface area contributed by atoms with Gasteiger partial charge in [-0.25, -0.2) is 4.98 Å². The summed E-state index contributed by atoms with van der Waals surface area (Å²) in [6.45, 7) is 0.275. The molecule has 26 heavy (non-hydrogen) atoms. The molecular formula is C18H18ClN3O3S. The molecule has 2 aromatic rings. The third kappa shape index (κ3) is 3.94. The SMILES string of the molecule is COc1ccc(Cl)cc1N1CC(C(=O)Nc2ccc(SC)nc2)CC1=O. The van der Waals surface area contributed by atoms with Crippen LogP contribution in [-0.4, -0.2) is 36.7 Å². The van der Waals surface area contributed by atoms with E-state index in [0.717, 1.165) is 5.03 Å². The highest BCUT2D eigenvalue weighted by Crippen LogP contribution is 2.35. The summed E-state index contributed by atoms with van der Waals surface area (Å²) in [6.07, 6.45) is 3.68. The summed E-state index contributed by atoms with van der Waals surface area (Å²) in [5.41, 5.74) is 1.19. The minimum atomic E-state index is -0.452. The molecule has 6 nitrogen and oxygen atoms in total. The fraction of sp³-hybridized carbons (Fsp3) is 0.278. The van der Waals surface area contributed by atoms with E-state index in [4.69, 9.17) is 16.3 Å². The lowest BCUT2D eigenvalue weighted by Gasteiger charge is -2.19. The first kappa shape index (κ1) is 18.5. The summed E-state index contributed by atoms with van der Waals surface area (Å²) in [7, 11) is 1.53. The zero-order chi connectivity index (χ0) is 18.7. The third-order valence-corrected chi connectivity index (χ3v) is 5.04. The van der Waals surface area contributed by atoms with E-state index in [1.165, 1.54) is 18.9 Å². The Hall–Kier alpha value is -2.25. The highest BCUT2D eigenvalue weighted by molar-refractivity contribution is 7.98. The van der Waals surface area contributed by atoms with Crippen molar-refractivity contribution in [3.05, 3.63) is 41.6 Å². The van der Waals surface area contributed by atoms with Gasteiger partial charge in [0.25, 0.3) is 0 Å². The van der Waals surface area contributed by atoms with Gasteiger partial charge in [-0.05, 0) is 36.6 Å². The molecule has 2 amide bonds. The lowest BCUT2D eigenvalue weighted by atomic mass is 10.1. The van der Waals surface area contributed by atoms with Crippen molar-refractivity contribution in [2.24, 2.45) is 5.92 Å². The van der Waals surface area contributed by atoms with E-state index in [0.29, 0.717) is 22.1 Å². The van der Waals surface area contributed by atoms with Crippen molar-refractivity contribution in [3.63, 3.8) is 0 Å². The summed E-state index contributed by atoms with van der Waals surface area (Å²) in [5.74, 6) is -0.255. The Kier molecular flexibility index (Phi) is 5.68. The molecule has 3 rings (SSSR count). The van der Waals surface area contributed by atoms with Gasteiger partial charge in [-0.3, -0.25) is 9.59 Å². The van der Waals surface area contributed by atoms with E-state index in [9.17, 15) is 9.59 Å². The monoisotopic (exact) mass is 391 g/mol. The number of carbonyl (C=O) groups is 2. The first-order chi connectivity index (χ1) is 12.5. The van der Waals surface area contributed by atoms with E-state index < -0.39 is 5.92 Å². The van der Waals surface area contributed by atoms with Crippen LogP contribution in [0, 0.1) is 5.92 Å². The topological polar surface area (TPSA) is 71.5 Å². The maximum atomic E-state index is 12.5. The standard InChI is InChI=1S/C18H18ClN3O3S/c1-25-15-5-3-12(19)8-14(15)22-10-11(7-17(22)23)18(24)21-13-4-6-16(26-2)20-9-13/h3-6,8-9,11H,7,10H2,1-2H3,(H,21,24). The molecule has 136 valence electrons. The molecule has 1 aromatic heterocycles. The Labute approximate surface area is 160 Å². The summed E-state index contributed by atoms with van der Waals surface area (Å²) in [6, 6.07) is 8.70. The molecule has 1 atom stereocenters. The molecule has 0 radical (unpaired) electrons. The Bertz CT molecular complexity index is 829. The van der Waals surface area contributed by atoms with Crippen molar-refractivity contribution in [2.45, 2.75) is 11.4 Å². The van der Waals surface area contributed by atoms with E-state index in [-0.39, 0.29) is 24.8 Å². The number of carbonyl (C=O) groups excluding carboxylic acids is 2. The summed E-state index contributed by atoms with van der Waals surface area (Å²) in [5, 5.41) is 4.20. The minimum Gasteiger partial charge on any atom is -0.495 e. The van der Waals surface area contributed by atoms with E-state index in [1.807, 2.05) is 12.3 Å². The number of nitrogens with one attached hydrogen (secondary N) is 1. The summed E-state index contributed by atoms with van der Waals surface area (Å²) < 4.78 is 5.31. The maximum Gasteiger partial charge on any atom is 0.229 e. The fourth-order valence-corrected chi connectivity index (χ4v) is 3.34. The normalized spacial score (nSPS) is 16.7. The number of amides is 2. The molecule has 1 aliphatic rings. The van der Waals surface area contributed by atoms with Crippen molar-refractivity contribution < 1.29 is 14.3 Å². The van der Waals surface area contributed by atoms with Gasteiger partial charge in [-0.1, -0.05) is 11.6 Å². The van der Waals surface area contributed by atoms with Crippen LogP contribution in [0.25, 0.3) is 0 Å². The molecule has 1 fully saturated rings. The molecule has 0 bridgehead atoms. The number of ether oxygens (including phenoxy) is 1. The van der Waals surface area contributed by atoms with Crippen LogP contribution in [0.2, 0.25) is 5.02 Å². The maximum absolute atomic E-state index is 12.5. The van der Waals surface area contributed by atoms with Gasteiger partial charge < -0.3 is 15.0 Å². The van der Waals surface area contributed by atoms with Crippen LogP contribution in [0.15, 0.2) is 41.6 Å². The molecule has 1 N–H and O–H groups in total. The lowest BCUT2D eigenvalue weighted by Crippen LogP contribution is -2.28. The molecule has 1 aliphatic heterocycles. The predicted molar refractivity (Wildman–Crippen MR) is 103 cm³/mol. The van der Waals surface area contributed by atoms with Crippen molar-refractivity contribution in [1.82, 2.24) is 4.98 Å². The van der Waals surface area contributed by atoms with Gasteiger partial charge in [0, 0.05) is 18.0 Å². The van der Waals surface area contributed by atoms with Crippen LogP contribution in [0.4, 0.5) is 11.4 Å². The number of pyridine rings is 1. The fourth-order valence-electron chi connectivity index (χ4n) is 2.81.